The van der Waals surface area contributed by atoms with Gasteiger partial charge in [0.25, 0.3) is 0 Å². The molecule has 0 atom stereocenters. The highest BCUT2D eigenvalue weighted by molar-refractivity contribution is 7.13. The number of aromatic nitrogens is 2. The SMILES string of the molecule is Cc1ccccc1CC(=O)N1CCN(CCCc2nc(-c3cccs3)no2)CC1. The molecule has 1 aromatic carbocycles. The van der Waals surface area contributed by atoms with Gasteiger partial charge < -0.3 is 9.42 Å². The highest BCUT2D eigenvalue weighted by atomic mass is 32.1. The Labute approximate surface area is 175 Å². The highest BCUT2D eigenvalue weighted by Gasteiger charge is 2.21. The van der Waals surface area contributed by atoms with Crippen LogP contribution in [-0.2, 0) is 17.6 Å². The van der Waals surface area contributed by atoms with Crippen LogP contribution in [0.15, 0.2) is 46.3 Å². The molecule has 1 fully saturated rings. The molecule has 0 bridgehead atoms. The van der Waals surface area contributed by atoms with E-state index in [-0.39, 0.29) is 5.91 Å². The van der Waals surface area contributed by atoms with E-state index in [0.717, 1.165) is 56.0 Å². The first-order valence-corrected chi connectivity index (χ1v) is 11.0. The van der Waals surface area contributed by atoms with Gasteiger partial charge in [-0.3, -0.25) is 9.69 Å². The van der Waals surface area contributed by atoms with E-state index in [2.05, 4.69) is 28.0 Å². The van der Waals surface area contributed by atoms with Gasteiger partial charge in [0.2, 0.25) is 17.6 Å². The van der Waals surface area contributed by atoms with Crippen LogP contribution in [0.5, 0.6) is 0 Å². The lowest BCUT2D eigenvalue weighted by molar-refractivity contribution is -0.132. The van der Waals surface area contributed by atoms with Crippen LogP contribution in [0.3, 0.4) is 0 Å². The van der Waals surface area contributed by atoms with Gasteiger partial charge in [0.05, 0.1) is 11.3 Å². The molecule has 1 aliphatic rings. The molecule has 0 N–H and O–H groups in total. The second-order valence-electron chi connectivity index (χ2n) is 7.42. The minimum Gasteiger partial charge on any atom is -0.340 e. The largest absolute Gasteiger partial charge is 0.340 e. The predicted molar refractivity (Wildman–Crippen MR) is 114 cm³/mol. The summed E-state index contributed by atoms with van der Waals surface area (Å²) < 4.78 is 5.37. The third kappa shape index (κ3) is 5.10. The second-order valence-corrected chi connectivity index (χ2v) is 8.37. The Morgan fingerprint density at radius 1 is 1.14 bits per heavy atom. The lowest BCUT2D eigenvalue weighted by atomic mass is 10.1. The molecule has 3 heterocycles. The van der Waals surface area contributed by atoms with Crippen LogP contribution in [0.1, 0.15) is 23.4 Å². The van der Waals surface area contributed by atoms with Gasteiger partial charge in [-0.25, -0.2) is 0 Å². The Kier molecular flexibility index (Phi) is 6.36. The lowest BCUT2D eigenvalue weighted by Crippen LogP contribution is -2.49. The summed E-state index contributed by atoms with van der Waals surface area (Å²) in [6.45, 7) is 6.49. The second kappa shape index (κ2) is 9.33. The van der Waals surface area contributed by atoms with Crippen molar-refractivity contribution in [1.82, 2.24) is 19.9 Å². The van der Waals surface area contributed by atoms with E-state index in [0.29, 0.717) is 18.1 Å². The van der Waals surface area contributed by atoms with Gasteiger partial charge in [0.15, 0.2) is 0 Å². The normalized spacial score (nSPS) is 15.0. The molecule has 6 nitrogen and oxygen atoms in total. The van der Waals surface area contributed by atoms with Gasteiger partial charge in [0.1, 0.15) is 0 Å². The van der Waals surface area contributed by atoms with E-state index in [1.165, 1.54) is 5.56 Å². The smallest absolute Gasteiger partial charge is 0.227 e. The maximum absolute atomic E-state index is 12.6. The molecule has 4 rings (SSSR count). The van der Waals surface area contributed by atoms with Gasteiger partial charge in [-0.05, 0) is 42.5 Å². The number of piperazine rings is 1. The summed E-state index contributed by atoms with van der Waals surface area (Å²) in [7, 11) is 0. The summed E-state index contributed by atoms with van der Waals surface area (Å²) >= 11 is 1.61. The molecule has 1 aliphatic heterocycles. The maximum Gasteiger partial charge on any atom is 0.227 e. The molecule has 1 saturated heterocycles. The Morgan fingerprint density at radius 3 is 2.72 bits per heavy atom. The third-order valence-corrected chi connectivity index (χ3v) is 6.27. The topological polar surface area (TPSA) is 62.5 Å². The van der Waals surface area contributed by atoms with Crippen LogP contribution in [0.2, 0.25) is 0 Å². The number of aryl methyl sites for hydroxylation is 2. The molecular weight excluding hydrogens is 384 g/mol. The van der Waals surface area contributed by atoms with Crippen LogP contribution in [0, 0.1) is 6.92 Å². The number of amides is 1. The van der Waals surface area contributed by atoms with E-state index in [9.17, 15) is 4.79 Å². The quantitative estimate of drug-likeness (QED) is 0.597. The molecule has 29 heavy (non-hydrogen) atoms. The summed E-state index contributed by atoms with van der Waals surface area (Å²) in [6.07, 6.45) is 2.25. The molecule has 1 amide bonds. The Balaban J connectivity index is 1.18. The van der Waals surface area contributed by atoms with Gasteiger partial charge in [-0.2, -0.15) is 4.98 Å². The van der Waals surface area contributed by atoms with Crippen molar-refractivity contribution in [3.05, 3.63) is 58.8 Å². The van der Waals surface area contributed by atoms with Gasteiger partial charge in [0, 0.05) is 32.6 Å². The molecular formula is C22H26N4O2S. The fourth-order valence-corrected chi connectivity index (χ4v) is 4.27. The first kappa shape index (κ1) is 19.8. The van der Waals surface area contributed by atoms with Crippen LogP contribution in [0.25, 0.3) is 10.7 Å². The Morgan fingerprint density at radius 2 is 1.97 bits per heavy atom. The summed E-state index contributed by atoms with van der Waals surface area (Å²) in [5, 5.41) is 6.07. The standard InChI is InChI=1S/C22H26N4O2S/c1-17-6-2-3-7-18(17)16-21(27)26-13-11-25(12-14-26)10-4-9-20-23-22(24-28-20)19-8-5-15-29-19/h2-3,5-8,15H,4,9-14,16H2,1H3. The predicted octanol–water partition coefficient (Wildman–Crippen LogP) is 3.43. The van der Waals surface area contributed by atoms with Crippen LogP contribution in [0.4, 0.5) is 0 Å². The van der Waals surface area contributed by atoms with Crippen LogP contribution < -0.4 is 0 Å². The van der Waals surface area contributed by atoms with Crippen molar-refractivity contribution in [2.75, 3.05) is 32.7 Å². The zero-order valence-corrected chi connectivity index (χ0v) is 17.5. The number of nitrogens with zero attached hydrogens (tertiary/aromatic N) is 4. The average Bonchev–Trinajstić information content (AvgIpc) is 3.42. The fraction of sp³-hybridized carbons (Fsp3) is 0.409. The first-order chi connectivity index (χ1) is 14.2. The van der Waals surface area contributed by atoms with Gasteiger partial charge >= 0.3 is 0 Å². The number of rotatable bonds is 7. The molecule has 152 valence electrons. The molecule has 0 saturated carbocycles. The van der Waals surface area contributed by atoms with Crippen molar-refractivity contribution >= 4 is 17.2 Å². The van der Waals surface area contributed by atoms with Crippen molar-refractivity contribution in [3.8, 4) is 10.7 Å². The zero-order chi connectivity index (χ0) is 20.1. The van der Waals surface area contributed by atoms with E-state index in [1.54, 1.807) is 11.3 Å². The van der Waals surface area contributed by atoms with Crippen molar-refractivity contribution in [2.45, 2.75) is 26.2 Å². The summed E-state index contributed by atoms with van der Waals surface area (Å²) in [6, 6.07) is 12.1. The maximum atomic E-state index is 12.6. The summed E-state index contributed by atoms with van der Waals surface area (Å²) in [5.41, 5.74) is 2.31. The number of carbonyl (C=O) groups excluding carboxylic acids is 1. The van der Waals surface area contributed by atoms with E-state index >= 15 is 0 Å². The minimum atomic E-state index is 0.228. The number of hydrogen-bond acceptors (Lipinski definition) is 6. The van der Waals surface area contributed by atoms with Crippen LogP contribution >= 0.6 is 11.3 Å². The van der Waals surface area contributed by atoms with Crippen LogP contribution in [-0.4, -0.2) is 58.6 Å². The summed E-state index contributed by atoms with van der Waals surface area (Å²) in [4.78, 5) is 22.5. The molecule has 0 spiro atoms. The fourth-order valence-electron chi connectivity index (χ4n) is 3.62. The van der Waals surface area contributed by atoms with E-state index in [4.69, 9.17) is 4.52 Å². The van der Waals surface area contributed by atoms with E-state index < -0.39 is 0 Å². The third-order valence-electron chi connectivity index (χ3n) is 5.40. The Hall–Kier alpha value is -2.51. The molecule has 3 aromatic rings. The molecule has 0 radical (unpaired) electrons. The number of hydrogen-bond donors (Lipinski definition) is 0. The molecule has 2 aromatic heterocycles. The number of thiophene rings is 1. The zero-order valence-electron chi connectivity index (χ0n) is 16.7. The van der Waals surface area contributed by atoms with Gasteiger partial charge in [-0.1, -0.05) is 35.5 Å². The monoisotopic (exact) mass is 410 g/mol. The summed E-state index contributed by atoms with van der Waals surface area (Å²) in [5.74, 6) is 1.60. The molecule has 0 unspecified atom stereocenters. The molecule has 0 aliphatic carbocycles. The number of carbonyl (C=O) groups is 1. The Bertz CT molecular complexity index is 930. The highest BCUT2D eigenvalue weighted by Crippen LogP contribution is 2.21. The first-order valence-electron chi connectivity index (χ1n) is 10.1. The van der Waals surface area contributed by atoms with Crippen molar-refractivity contribution in [2.24, 2.45) is 0 Å². The van der Waals surface area contributed by atoms with Crippen molar-refractivity contribution in [1.29, 1.82) is 0 Å². The minimum absolute atomic E-state index is 0.228. The van der Waals surface area contributed by atoms with Gasteiger partial charge in [-0.15, -0.1) is 11.3 Å². The van der Waals surface area contributed by atoms with Crippen molar-refractivity contribution < 1.29 is 9.32 Å². The van der Waals surface area contributed by atoms with Crippen molar-refractivity contribution in [3.63, 3.8) is 0 Å². The average molecular weight is 411 g/mol. The number of benzene rings is 1. The van der Waals surface area contributed by atoms with E-state index in [1.807, 2.05) is 40.6 Å². The lowest BCUT2D eigenvalue weighted by Gasteiger charge is -2.34. The molecule has 7 heteroatoms.